The highest BCUT2D eigenvalue weighted by Crippen LogP contribution is 2.63. The third-order valence-electron chi connectivity index (χ3n) is 7.27. The molecule has 0 amide bonds. The van der Waals surface area contributed by atoms with Crippen molar-refractivity contribution >= 4 is 0 Å². The van der Waals surface area contributed by atoms with Gasteiger partial charge < -0.3 is 15.1 Å². The molecule has 3 aliphatic carbocycles. The van der Waals surface area contributed by atoms with E-state index < -0.39 is 5.60 Å². The summed E-state index contributed by atoms with van der Waals surface area (Å²) in [7, 11) is 4.30. The molecule has 0 unspecified atom stereocenters. The maximum Gasteiger partial charge on any atom is 0.0726 e. The highest BCUT2D eigenvalue weighted by Gasteiger charge is 2.62. The van der Waals surface area contributed by atoms with E-state index in [4.69, 9.17) is 0 Å². The minimum Gasteiger partial charge on any atom is -0.396 e. The van der Waals surface area contributed by atoms with E-state index in [2.05, 4.69) is 79.7 Å². The first-order chi connectivity index (χ1) is 13.0. The van der Waals surface area contributed by atoms with Gasteiger partial charge in [-0.15, -0.1) is 0 Å². The van der Waals surface area contributed by atoms with Crippen LogP contribution in [0.2, 0.25) is 0 Å². The quantitative estimate of drug-likeness (QED) is 0.847. The summed E-state index contributed by atoms with van der Waals surface area (Å²) in [5.41, 5.74) is 1.71. The summed E-state index contributed by atoms with van der Waals surface area (Å²) < 4.78 is 0. The molecule has 0 spiro atoms. The smallest absolute Gasteiger partial charge is 0.0726 e. The number of hydrogen-bond acceptors (Lipinski definition) is 3. The van der Waals surface area contributed by atoms with Crippen LogP contribution < -0.4 is 0 Å². The fraction of sp³-hybridized carbons (Fsp3) is 0.500. The van der Waals surface area contributed by atoms with E-state index in [-0.39, 0.29) is 29.9 Å². The van der Waals surface area contributed by atoms with Gasteiger partial charge in [-0.1, -0.05) is 60.7 Å². The van der Waals surface area contributed by atoms with Crippen molar-refractivity contribution in [3.8, 4) is 0 Å². The number of fused-ring (bicyclic) bond motifs is 3. The Bertz CT molecular complexity index is 711. The maximum absolute atomic E-state index is 11.9. The lowest BCUT2D eigenvalue weighted by Crippen LogP contribution is -2.66. The predicted octanol–water partition coefficient (Wildman–Crippen LogP) is 3.78. The van der Waals surface area contributed by atoms with Gasteiger partial charge in [-0.25, -0.2) is 0 Å². The Morgan fingerprint density at radius 3 is 1.78 bits per heavy atom. The predicted molar refractivity (Wildman–Crippen MR) is 109 cm³/mol. The number of nitrogens with zero attached hydrogens (tertiary/aromatic N) is 1. The van der Waals surface area contributed by atoms with Crippen LogP contribution in [0.15, 0.2) is 60.7 Å². The number of rotatable bonds is 5. The molecular formula is C24H31NO2. The molecule has 2 N–H and O–H groups in total. The summed E-state index contributed by atoms with van der Waals surface area (Å²) in [5.74, 6) is 0.701. The zero-order valence-electron chi connectivity index (χ0n) is 16.4. The Morgan fingerprint density at radius 1 is 0.889 bits per heavy atom. The first-order valence-electron chi connectivity index (χ1n) is 10.1. The van der Waals surface area contributed by atoms with Crippen LogP contribution in [0.1, 0.15) is 48.6 Å². The largest absolute Gasteiger partial charge is 0.396 e. The second kappa shape index (κ2) is 7.05. The van der Waals surface area contributed by atoms with Gasteiger partial charge in [0.1, 0.15) is 0 Å². The molecule has 3 fully saturated rings. The average Bonchev–Trinajstić information content (AvgIpc) is 2.69. The molecule has 27 heavy (non-hydrogen) atoms. The summed E-state index contributed by atoms with van der Waals surface area (Å²) in [6, 6.07) is 21.3. The molecule has 144 valence electrons. The van der Waals surface area contributed by atoms with Crippen LogP contribution in [0.4, 0.5) is 0 Å². The zero-order valence-corrected chi connectivity index (χ0v) is 16.4. The van der Waals surface area contributed by atoms with E-state index in [0.717, 1.165) is 19.3 Å². The second-order valence-electron chi connectivity index (χ2n) is 8.84. The van der Waals surface area contributed by atoms with E-state index in [0.29, 0.717) is 6.42 Å². The van der Waals surface area contributed by atoms with Crippen molar-refractivity contribution in [1.82, 2.24) is 4.90 Å². The highest BCUT2D eigenvalue weighted by molar-refractivity contribution is 5.34. The Kier molecular flexibility index (Phi) is 4.87. The fourth-order valence-electron chi connectivity index (χ4n) is 6.04. The van der Waals surface area contributed by atoms with E-state index in [1.54, 1.807) is 0 Å². The first-order valence-corrected chi connectivity index (χ1v) is 10.1. The molecule has 5 rings (SSSR count). The summed E-state index contributed by atoms with van der Waals surface area (Å²) in [4.78, 5) is 2.33. The molecule has 2 bridgehead atoms. The van der Waals surface area contributed by atoms with Crippen LogP contribution in [0.25, 0.3) is 0 Å². The minimum absolute atomic E-state index is 0.0273. The Balaban J connectivity index is 1.87. The summed E-state index contributed by atoms with van der Waals surface area (Å²) in [6.45, 7) is 0.0273. The molecule has 2 aromatic carbocycles. The van der Waals surface area contributed by atoms with Crippen LogP contribution >= 0.6 is 0 Å². The highest BCUT2D eigenvalue weighted by atomic mass is 16.3. The lowest BCUT2D eigenvalue weighted by atomic mass is 9.47. The van der Waals surface area contributed by atoms with Gasteiger partial charge >= 0.3 is 0 Å². The van der Waals surface area contributed by atoms with Crippen molar-refractivity contribution in [2.45, 2.75) is 48.7 Å². The molecule has 3 aliphatic rings. The lowest BCUT2D eigenvalue weighted by molar-refractivity contribution is -0.167. The molecular weight excluding hydrogens is 334 g/mol. The fourth-order valence-corrected chi connectivity index (χ4v) is 6.04. The summed E-state index contributed by atoms with van der Waals surface area (Å²) in [5, 5.41) is 21.6. The van der Waals surface area contributed by atoms with E-state index >= 15 is 0 Å². The number of hydrogen-bond donors (Lipinski definition) is 2. The number of benzene rings is 2. The van der Waals surface area contributed by atoms with Crippen molar-refractivity contribution in [2.24, 2.45) is 5.92 Å². The molecule has 2 aromatic rings. The van der Waals surface area contributed by atoms with Gasteiger partial charge in [-0.2, -0.15) is 0 Å². The molecule has 0 radical (unpaired) electrons. The standard InChI is InChI=1S/C24H31NO2/c1-25(2)23-15-20(18-9-5-3-6-10-18)22(24(27,17-23)13-14-26)21(16-23)19-11-7-4-8-12-19/h3-12,20-22,26-27H,13-17H2,1-2H3/t20-,21-,22?,23?,24-/m0/s1. The Labute approximate surface area is 162 Å². The zero-order chi connectivity index (χ0) is 19.1. The normalized spacial score (nSPS) is 35.5. The van der Waals surface area contributed by atoms with Gasteiger partial charge in [0.15, 0.2) is 0 Å². The first kappa shape index (κ1) is 18.7. The molecule has 3 saturated carbocycles. The van der Waals surface area contributed by atoms with Crippen LogP contribution in [0, 0.1) is 5.92 Å². The number of aliphatic hydroxyl groups excluding tert-OH is 1. The van der Waals surface area contributed by atoms with Crippen molar-refractivity contribution < 1.29 is 10.2 Å². The van der Waals surface area contributed by atoms with Gasteiger partial charge in [0.25, 0.3) is 0 Å². The molecule has 0 aromatic heterocycles. The van der Waals surface area contributed by atoms with E-state index in [1.807, 2.05) is 0 Å². The van der Waals surface area contributed by atoms with Crippen molar-refractivity contribution in [1.29, 1.82) is 0 Å². The van der Waals surface area contributed by atoms with Gasteiger partial charge in [0, 0.05) is 18.1 Å². The van der Waals surface area contributed by atoms with Crippen LogP contribution in [0.3, 0.4) is 0 Å². The van der Waals surface area contributed by atoms with Crippen LogP contribution in [-0.4, -0.2) is 47.0 Å². The Hall–Kier alpha value is -1.68. The summed E-state index contributed by atoms with van der Waals surface area (Å²) in [6.07, 6.45) is 3.31. The maximum atomic E-state index is 11.9. The van der Waals surface area contributed by atoms with Crippen LogP contribution in [0.5, 0.6) is 0 Å². The molecule has 0 saturated heterocycles. The van der Waals surface area contributed by atoms with Crippen molar-refractivity contribution in [3.05, 3.63) is 71.8 Å². The van der Waals surface area contributed by atoms with Crippen molar-refractivity contribution in [2.75, 3.05) is 20.7 Å². The van der Waals surface area contributed by atoms with Gasteiger partial charge in [-0.05, 0) is 62.7 Å². The van der Waals surface area contributed by atoms with Crippen LogP contribution in [-0.2, 0) is 0 Å². The lowest BCUT2D eigenvalue weighted by Gasteiger charge is -2.64. The monoisotopic (exact) mass is 365 g/mol. The number of aliphatic hydroxyl groups is 2. The third kappa shape index (κ3) is 3.12. The molecule has 3 nitrogen and oxygen atoms in total. The van der Waals surface area contributed by atoms with E-state index in [1.165, 1.54) is 11.1 Å². The third-order valence-corrected chi connectivity index (χ3v) is 7.27. The van der Waals surface area contributed by atoms with Crippen molar-refractivity contribution in [3.63, 3.8) is 0 Å². The second-order valence-corrected chi connectivity index (χ2v) is 8.84. The topological polar surface area (TPSA) is 43.7 Å². The minimum atomic E-state index is -0.851. The molecule has 0 heterocycles. The van der Waals surface area contributed by atoms with E-state index in [9.17, 15) is 10.2 Å². The van der Waals surface area contributed by atoms with Gasteiger partial charge in [-0.3, -0.25) is 0 Å². The van der Waals surface area contributed by atoms with Gasteiger partial charge in [0.2, 0.25) is 0 Å². The SMILES string of the molecule is CN(C)C12C[C@@H](c3ccccc3)C([C@H](c3ccccc3)C1)[C@](O)(CCO)C2. The van der Waals surface area contributed by atoms with Gasteiger partial charge in [0.05, 0.1) is 5.60 Å². The average molecular weight is 366 g/mol. The molecule has 3 heteroatoms. The summed E-state index contributed by atoms with van der Waals surface area (Å²) >= 11 is 0. The Morgan fingerprint density at radius 2 is 1.37 bits per heavy atom. The molecule has 3 atom stereocenters. The molecule has 0 aliphatic heterocycles.